The molecule has 1 N–H and O–H groups in total. The Morgan fingerprint density at radius 3 is 2.16 bits per heavy atom. The van der Waals surface area contributed by atoms with Crippen molar-refractivity contribution in [1.29, 1.82) is 0 Å². The number of aromatic nitrogens is 1. The molecular formula is C18H21NO6. The highest BCUT2D eigenvalue weighted by Crippen LogP contribution is 2.42. The van der Waals surface area contributed by atoms with Crippen LogP contribution in [0.15, 0.2) is 24.3 Å². The molecule has 134 valence electrons. The largest absolute Gasteiger partial charge is 0.496 e. The minimum absolute atomic E-state index is 0.100. The highest BCUT2D eigenvalue weighted by molar-refractivity contribution is 5.90. The summed E-state index contributed by atoms with van der Waals surface area (Å²) in [4.78, 5) is 16.2. The van der Waals surface area contributed by atoms with Crippen LogP contribution in [0.5, 0.6) is 17.2 Å². The number of esters is 1. The van der Waals surface area contributed by atoms with Gasteiger partial charge in [0.1, 0.15) is 22.9 Å². The molecule has 0 radical (unpaired) electrons. The van der Waals surface area contributed by atoms with Crippen LogP contribution in [0.2, 0.25) is 0 Å². The average Bonchev–Trinajstić information content (AvgIpc) is 2.66. The molecule has 0 aliphatic carbocycles. The third-order valence-corrected chi connectivity index (χ3v) is 3.53. The summed E-state index contributed by atoms with van der Waals surface area (Å²) < 4.78 is 21.1. The summed E-state index contributed by atoms with van der Waals surface area (Å²) in [6, 6.07) is 6.65. The number of methoxy groups -OCH3 is 3. The predicted octanol–water partition coefficient (Wildman–Crippen LogP) is 2.44. The van der Waals surface area contributed by atoms with Crippen LogP contribution >= 0.6 is 0 Å². The van der Waals surface area contributed by atoms with Gasteiger partial charge >= 0.3 is 5.97 Å². The lowest BCUT2D eigenvalue weighted by atomic mass is 10.0. The van der Waals surface area contributed by atoms with Gasteiger partial charge in [-0.25, -0.2) is 9.78 Å². The first-order valence-electron chi connectivity index (χ1n) is 7.67. The maximum Gasteiger partial charge on any atom is 0.356 e. The van der Waals surface area contributed by atoms with Gasteiger partial charge in [-0.1, -0.05) is 0 Å². The van der Waals surface area contributed by atoms with Gasteiger partial charge < -0.3 is 24.1 Å². The van der Waals surface area contributed by atoms with E-state index in [0.717, 1.165) is 0 Å². The summed E-state index contributed by atoms with van der Waals surface area (Å²) in [5, 5.41) is 9.48. The molecule has 0 aliphatic rings. The number of ether oxygens (including phenoxy) is 4. The lowest BCUT2D eigenvalue weighted by Gasteiger charge is -2.16. The van der Waals surface area contributed by atoms with Crippen LogP contribution in [0.25, 0.3) is 11.1 Å². The van der Waals surface area contributed by atoms with Gasteiger partial charge in [-0.05, 0) is 24.6 Å². The normalized spacial score (nSPS) is 10.3. The quantitative estimate of drug-likeness (QED) is 0.770. The molecule has 0 unspecified atom stereocenters. The number of aliphatic hydroxyl groups excluding tert-OH is 1. The number of carbonyl (C=O) groups excluding carboxylic acids is 1. The molecular weight excluding hydrogens is 326 g/mol. The fourth-order valence-electron chi connectivity index (χ4n) is 2.41. The minimum Gasteiger partial charge on any atom is -0.496 e. The van der Waals surface area contributed by atoms with Gasteiger partial charge in [-0.2, -0.15) is 0 Å². The molecule has 25 heavy (non-hydrogen) atoms. The van der Waals surface area contributed by atoms with E-state index in [1.54, 1.807) is 38.3 Å². The van der Waals surface area contributed by atoms with Crippen LogP contribution in [-0.4, -0.2) is 44.0 Å². The molecule has 0 bridgehead atoms. The molecule has 1 aromatic carbocycles. The zero-order valence-corrected chi connectivity index (χ0v) is 14.7. The number of nitrogens with zero attached hydrogens (tertiary/aromatic N) is 1. The van der Waals surface area contributed by atoms with Crippen LogP contribution in [0.3, 0.4) is 0 Å². The first-order chi connectivity index (χ1) is 12.1. The molecule has 0 saturated heterocycles. The average molecular weight is 347 g/mol. The van der Waals surface area contributed by atoms with Gasteiger partial charge in [0.05, 0.1) is 45.8 Å². The van der Waals surface area contributed by atoms with Gasteiger partial charge in [0, 0.05) is 12.1 Å². The van der Waals surface area contributed by atoms with E-state index in [9.17, 15) is 9.90 Å². The summed E-state index contributed by atoms with van der Waals surface area (Å²) in [5.41, 5.74) is 1.66. The number of aliphatic hydroxyl groups is 1. The molecule has 2 rings (SSSR count). The number of hydrogen-bond donors (Lipinski definition) is 1. The SMILES string of the molecule is CCOC(=O)c1cc(-c2c(OC)cc(OC)cc2OC)cc(CO)n1. The highest BCUT2D eigenvalue weighted by atomic mass is 16.5. The second-order valence-corrected chi connectivity index (χ2v) is 5.02. The molecule has 0 atom stereocenters. The molecule has 1 heterocycles. The monoisotopic (exact) mass is 347 g/mol. The first-order valence-corrected chi connectivity index (χ1v) is 7.67. The third kappa shape index (κ3) is 4.00. The molecule has 0 saturated carbocycles. The van der Waals surface area contributed by atoms with Crippen LogP contribution in [-0.2, 0) is 11.3 Å². The summed E-state index contributed by atoms with van der Waals surface area (Å²) >= 11 is 0. The van der Waals surface area contributed by atoms with E-state index in [1.165, 1.54) is 14.2 Å². The van der Waals surface area contributed by atoms with Crippen molar-refractivity contribution in [2.45, 2.75) is 13.5 Å². The number of carbonyl (C=O) groups is 1. The van der Waals surface area contributed by atoms with Crippen LogP contribution in [0.4, 0.5) is 0 Å². The van der Waals surface area contributed by atoms with E-state index in [2.05, 4.69) is 4.98 Å². The Labute approximate surface area is 146 Å². The molecule has 0 fully saturated rings. The molecule has 0 aliphatic heterocycles. The maximum atomic E-state index is 12.1. The second-order valence-electron chi connectivity index (χ2n) is 5.02. The van der Waals surface area contributed by atoms with Crippen molar-refractivity contribution < 1.29 is 28.8 Å². The molecule has 1 aromatic heterocycles. The summed E-state index contributed by atoms with van der Waals surface area (Å²) in [6.45, 7) is 1.62. The summed E-state index contributed by atoms with van der Waals surface area (Å²) in [5.74, 6) is 1.01. The lowest BCUT2D eigenvalue weighted by Crippen LogP contribution is -2.09. The minimum atomic E-state index is -0.564. The van der Waals surface area contributed by atoms with Gasteiger partial charge in [-0.15, -0.1) is 0 Å². The number of benzene rings is 1. The Kier molecular flexibility index (Phi) is 6.19. The van der Waals surface area contributed by atoms with Crippen molar-refractivity contribution in [3.05, 3.63) is 35.7 Å². The Bertz CT molecular complexity index is 734. The van der Waals surface area contributed by atoms with Gasteiger partial charge in [0.2, 0.25) is 0 Å². The van der Waals surface area contributed by atoms with Crippen LogP contribution < -0.4 is 14.2 Å². The van der Waals surface area contributed by atoms with E-state index in [1.807, 2.05) is 0 Å². The van der Waals surface area contributed by atoms with E-state index in [4.69, 9.17) is 18.9 Å². The Morgan fingerprint density at radius 1 is 1.04 bits per heavy atom. The zero-order chi connectivity index (χ0) is 18.4. The van der Waals surface area contributed by atoms with E-state index < -0.39 is 5.97 Å². The molecule has 0 spiro atoms. The van der Waals surface area contributed by atoms with Crippen molar-refractivity contribution in [3.63, 3.8) is 0 Å². The Balaban J connectivity index is 2.68. The Hall–Kier alpha value is -2.80. The maximum absolute atomic E-state index is 12.1. The van der Waals surface area contributed by atoms with Crippen molar-refractivity contribution in [2.75, 3.05) is 27.9 Å². The van der Waals surface area contributed by atoms with Gasteiger partial charge in [0.15, 0.2) is 0 Å². The van der Waals surface area contributed by atoms with E-state index >= 15 is 0 Å². The number of pyridine rings is 1. The van der Waals surface area contributed by atoms with Crippen LogP contribution in [0.1, 0.15) is 23.1 Å². The highest BCUT2D eigenvalue weighted by Gasteiger charge is 2.19. The smallest absolute Gasteiger partial charge is 0.356 e. The van der Waals surface area contributed by atoms with E-state index in [0.29, 0.717) is 34.1 Å². The summed E-state index contributed by atoms with van der Waals surface area (Å²) in [6.07, 6.45) is 0. The van der Waals surface area contributed by atoms with Gasteiger partial charge in [-0.3, -0.25) is 0 Å². The molecule has 2 aromatic rings. The Morgan fingerprint density at radius 2 is 1.68 bits per heavy atom. The zero-order valence-electron chi connectivity index (χ0n) is 14.7. The summed E-state index contributed by atoms with van der Waals surface area (Å²) in [7, 11) is 4.60. The number of hydrogen-bond acceptors (Lipinski definition) is 7. The van der Waals surface area contributed by atoms with Crippen molar-refractivity contribution >= 4 is 5.97 Å². The topological polar surface area (TPSA) is 87.1 Å². The fourth-order valence-corrected chi connectivity index (χ4v) is 2.41. The molecule has 7 nitrogen and oxygen atoms in total. The predicted molar refractivity (Wildman–Crippen MR) is 91.2 cm³/mol. The van der Waals surface area contributed by atoms with Crippen molar-refractivity contribution in [1.82, 2.24) is 4.98 Å². The van der Waals surface area contributed by atoms with Gasteiger partial charge in [0.25, 0.3) is 0 Å². The van der Waals surface area contributed by atoms with E-state index in [-0.39, 0.29) is 18.9 Å². The van der Waals surface area contributed by atoms with Crippen LogP contribution in [0, 0.1) is 0 Å². The fraction of sp³-hybridized carbons (Fsp3) is 0.333. The standard InChI is InChI=1S/C18H21NO6/c1-5-25-18(21)14-7-11(6-12(10-20)19-14)17-15(23-3)8-13(22-2)9-16(17)24-4/h6-9,20H,5,10H2,1-4H3. The van der Waals surface area contributed by atoms with Crippen molar-refractivity contribution in [3.8, 4) is 28.4 Å². The lowest BCUT2D eigenvalue weighted by molar-refractivity contribution is 0.0519. The third-order valence-electron chi connectivity index (χ3n) is 3.53. The second kappa shape index (κ2) is 8.34. The van der Waals surface area contributed by atoms with Crippen molar-refractivity contribution in [2.24, 2.45) is 0 Å². The first kappa shape index (κ1) is 18.5. The molecule has 7 heteroatoms. The molecule has 0 amide bonds. The number of rotatable bonds is 7.